The minimum atomic E-state index is 0.255. The number of pyridine rings is 1. The molecule has 5 heteroatoms. The molecule has 1 saturated heterocycles. The Morgan fingerprint density at radius 3 is 2.62 bits per heavy atom. The van der Waals surface area contributed by atoms with Gasteiger partial charge in [0.1, 0.15) is 0 Å². The molecule has 3 heterocycles. The Kier molecular flexibility index (Phi) is 4.40. The molecule has 0 saturated carbocycles. The fourth-order valence-corrected chi connectivity index (χ4v) is 2.56. The van der Waals surface area contributed by atoms with E-state index in [1.807, 2.05) is 24.8 Å². The van der Waals surface area contributed by atoms with Gasteiger partial charge in [0.05, 0.1) is 19.3 Å². The number of aromatic nitrogens is 3. The molecule has 0 aliphatic carbocycles. The molecular formula is C16H20N4O. The molecule has 0 spiro atoms. The Morgan fingerprint density at radius 1 is 1.14 bits per heavy atom. The van der Waals surface area contributed by atoms with Crippen LogP contribution < -0.4 is 5.32 Å². The number of rotatable bonds is 5. The summed E-state index contributed by atoms with van der Waals surface area (Å²) >= 11 is 0. The van der Waals surface area contributed by atoms with Crippen molar-refractivity contribution in [1.29, 1.82) is 0 Å². The van der Waals surface area contributed by atoms with Gasteiger partial charge >= 0.3 is 0 Å². The number of nitrogens with one attached hydrogen (secondary N) is 1. The zero-order chi connectivity index (χ0) is 14.5. The molecule has 21 heavy (non-hydrogen) atoms. The van der Waals surface area contributed by atoms with Crippen LogP contribution in [0.15, 0.2) is 36.9 Å². The van der Waals surface area contributed by atoms with Crippen molar-refractivity contribution in [2.24, 2.45) is 5.92 Å². The minimum Gasteiger partial charge on any atom is -0.379 e. The van der Waals surface area contributed by atoms with Crippen LogP contribution in [0, 0.1) is 5.92 Å². The molecule has 2 aromatic rings. The summed E-state index contributed by atoms with van der Waals surface area (Å²) in [5.74, 6) is 1.12. The Balaban J connectivity index is 1.63. The van der Waals surface area contributed by atoms with Gasteiger partial charge in [-0.2, -0.15) is 0 Å². The van der Waals surface area contributed by atoms with Crippen molar-refractivity contribution in [1.82, 2.24) is 15.0 Å². The average molecular weight is 284 g/mol. The van der Waals surface area contributed by atoms with Crippen LogP contribution in [0.25, 0.3) is 0 Å². The van der Waals surface area contributed by atoms with E-state index >= 15 is 0 Å². The molecule has 0 bridgehead atoms. The number of ether oxygens (including phenoxy) is 1. The molecule has 1 fully saturated rings. The van der Waals surface area contributed by atoms with E-state index in [2.05, 4.69) is 39.3 Å². The van der Waals surface area contributed by atoms with E-state index in [1.54, 1.807) is 0 Å². The van der Waals surface area contributed by atoms with Gasteiger partial charge in [0.25, 0.3) is 0 Å². The van der Waals surface area contributed by atoms with Gasteiger partial charge < -0.3 is 10.1 Å². The molecule has 1 aliphatic rings. The SMILES string of the molecule is CCc1cnc(N[C@H]2COC[C@H]2Cc2ccncc2)nc1. The molecule has 2 aromatic heterocycles. The number of hydrogen-bond donors (Lipinski definition) is 1. The lowest BCUT2D eigenvalue weighted by Gasteiger charge is -2.19. The Labute approximate surface area is 124 Å². The first-order chi connectivity index (χ1) is 10.3. The Morgan fingerprint density at radius 2 is 1.90 bits per heavy atom. The highest BCUT2D eigenvalue weighted by atomic mass is 16.5. The molecular weight excluding hydrogens is 264 g/mol. The molecule has 0 unspecified atom stereocenters. The van der Waals surface area contributed by atoms with E-state index < -0.39 is 0 Å². The summed E-state index contributed by atoms with van der Waals surface area (Å²) in [6, 6.07) is 4.37. The third-order valence-electron chi connectivity index (χ3n) is 3.87. The van der Waals surface area contributed by atoms with Crippen molar-refractivity contribution in [2.75, 3.05) is 18.5 Å². The molecule has 0 aromatic carbocycles. The van der Waals surface area contributed by atoms with Crippen molar-refractivity contribution < 1.29 is 4.74 Å². The smallest absolute Gasteiger partial charge is 0.222 e. The first-order valence-corrected chi connectivity index (χ1v) is 7.39. The quantitative estimate of drug-likeness (QED) is 0.911. The van der Waals surface area contributed by atoms with Crippen molar-refractivity contribution >= 4 is 5.95 Å². The van der Waals surface area contributed by atoms with Gasteiger partial charge in [-0.05, 0) is 36.1 Å². The number of hydrogen-bond acceptors (Lipinski definition) is 5. The van der Waals surface area contributed by atoms with Gasteiger partial charge in [-0.3, -0.25) is 4.98 Å². The number of aryl methyl sites for hydroxylation is 1. The van der Waals surface area contributed by atoms with Crippen LogP contribution in [0.1, 0.15) is 18.1 Å². The minimum absolute atomic E-state index is 0.255. The fourth-order valence-electron chi connectivity index (χ4n) is 2.56. The first kappa shape index (κ1) is 13.9. The van der Waals surface area contributed by atoms with E-state index in [0.29, 0.717) is 18.5 Å². The summed E-state index contributed by atoms with van der Waals surface area (Å²) in [6.45, 7) is 3.57. The van der Waals surface area contributed by atoms with Crippen LogP contribution in [0.4, 0.5) is 5.95 Å². The Bertz CT molecular complexity index is 558. The van der Waals surface area contributed by atoms with E-state index in [4.69, 9.17) is 4.74 Å². The second kappa shape index (κ2) is 6.63. The lowest BCUT2D eigenvalue weighted by molar-refractivity contribution is 0.185. The highest BCUT2D eigenvalue weighted by Crippen LogP contribution is 2.21. The molecule has 2 atom stereocenters. The maximum atomic E-state index is 5.63. The standard InChI is InChI=1S/C16H20N4O/c1-2-12-8-18-16(19-9-12)20-15-11-21-10-14(15)7-13-3-5-17-6-4-13/h3-6,8-9,14-15H,2,7,10-11H2,1H3,(H,18,19,20)/t14-,15+/m1/s1. The van der Waals surface area contributed by atoms with Crippen LogP contribution in [0.3, 0.4) is 0 Å². The molecule has 110 valence electrons. The second-order valence-electron chi connectivity index (χ2n) is 5.38. The maximum absolute atomic E-state index is 5.63. The topological polar surface area (TPSA) is 59.9 Å². The van der Waals surface area contributed by atoms with Gasteiger partial charge in [-0.25, -0.2) is 9.97 Å². The first-order valence-electron chi connectivity index (χ1n) is 7.39. The van der Waals surface area contributed by atoms with E-state index in [-0.39, 0.29) is 6.04 Å². The summed E-state index contributed by atoms with van der Waals surface area (Å²) in [7, 11) is 0. The van der Waals surface area contributed by atoms with Gasteiger partial charge in [-0.1, -0.05) is 6.92 Å². The van der Waals surface area contributed by atoms with Crippen LogP contribution in [-0.4, -0.2) is 34.2 Å². The van der Waals surface area contributed by atoms with Gasteiger partial charge in [0.2, 0.25) is 5.95 Å². The van der Waals surface area contributed by atoms with Crippen molar-refractivity contribution in [3.05, 3.63) is 48.0 Å². The normalized spacial score (nSPS) is 21.4. The molecule has 3 rings (SSSR count). The fraction of sp³-hybridized carbons (Fsp3) is 0.438. The highest BCUT2D eigenvalue weighted by Gasteiger charge is 2.28. The zero-order valence-electron chi connectivity index (χ0n) is 12.2. The van der Waals surface area contributed by atoms with Crippen LogP contribution >= 0.6 is 0 Å². The molecule has 1 N–H and O–H groups in total. The number of nitrogens with zero attached hydrogens (tertiary/aromatic N) is 3. The Hall–Kier alpha value is -2.01. The van der Waals surface area contributed by atoms with Crippen molar-refractivity contribution in [2.45, 2.75) is 25.8 Å². The summed E-state index contributed by atoms with van der Waals surface area (Å²) in [5, 5.41) is 3.40. The van der Waals surface area contributed by atoms with Crippen LogP contribution in [0.5, 0.6) is 0 Å². The monoisotopic (exact) mass is 284 g/mol. The van der Waals surface area contributed by atoms with Gasteiger partial charge in [-0.15, -0.1) is 0 Å². The predicted molar refractivity (Wildman–Crippen MR) is 81.1 cm³/mol. The van der Waals surface area contributed by atoms with E-state index in [0.717, 1.165) is 25.0 Å². The summed E-state index contributed by atoms with van der Waals surface area (Å²) < 4.78 is 5.63. The third kappa shape index (κ3) is 3.55. The summed E-state index contributed by atoms with van der Waals surface area (Å²) in [6.07, 6.45) is 9.36. The van der Waals surface area contributed by atoms with Crippen molar-refractivity contribution in [3.8, 4) is 0 Å². The summed E-state index contributed by atoms with van der Waals surface area (Å²) in [4.78, 5) is 12.8. The maximum Gasteiger partial charge on any atom is 0.222 e. The van der Waals surface area contributed by atoms with E-state index in [9.17, 15) is 0 Å². The number of anilines is 1. The molecule has 0 amide bonds. The molecule has 0 radical (unpaired) electrons. The molecule has 1 aliphatic heterocycles. The lowest BCUT2D eigenvalue weighted by Crippen LogP contribution is -2.30. The predicted octanol–water partition coefficient (Wildman–Crippen LogP) is 2.10. The largest absolute Gasteiger partial charge is 0.379 e. The summed E-state index contributed by atoms with van der Waals surface area (Å²) in [5.41, 5.74) is 2.44. The van der Waals surface area contributed by atoms with E-state index in [1.165, 1.54) is 5.56 Å². The third-order valence-corrected chi connectivity index (χ3v) is 3.87. The molecule has 5 nitrogen and oxygen atoms in total. The van der Waals surface area contributed by atoms with Crippen LogP contribution in [0.2, 0.25) is 0 Å². The van der Waals surface area contributed by atoms with Gasteiger partial charge in [0, 0.05) is 30.7 Å². The lowest BCUT2D eigenvalue weighted by atomic mass is 9.95. The van der Waals surface area contributed by atoms with Crippen LogP contribution in [-0.2, 0) is 17.6 Å². The second-order valence-corrected chi connectivity index (χ2v) is 5.38. The van der Waals surface area contributed by atoms with Crippen molar-refractivity contribution in [3.63, 3.8) is 0 Å². The average Bonchev–Trinajstić information content (AvgIpc) is 2.96. The van der Waals surface area contributed by atoms with Gasteiger partial charge in [0.15, 0.2) is 0 Å². The highest BCUT2D eigenvalue weighted by molar-refractivity contribution is 5.28. The zero-order valence-corrected chi connectivity index (χ0v) is 12.2.